The number of rotatable bonds is 6. The summed E-state index contributed by atoms with van der Waals surface area (Å²) in [6.07, 6.45) is 0.919. The van der Waals surface area contributed by atoms with Crippen molar-refractivity contribution in [3.05, 3.63) is 0 Å². The van der Waals surface area contributed by atoms with Crippen molar-refractivity contribution in [3.8, 4) is 0 Å². The second-order valence-electron chi connectivity index (χ2n) is 5.48. The smallest absolute Gasteiger partial charge is 0.310 e. The summed E-state index contributed by atoms with van der Waals surface area (Å²) in [6.45, 7) is 5.13. The summed E-state index contributed by atoms with van der Waals surface area (Å²) in [4.78, 5) is 38.7. The Morgan fingerprint density at radius 1 is 1.38 bits per heavy atom. The van der Waals surface area contributed by atoms with E-state index in [0.717, 1.165) is 6.42 Å². The second kappa shape index (κ2) is 6.53. The number of ether oxygens (including phenoxy) is 1. The standard InChI is InChI=1S/C14H22N2O5/c1-3-5-16(11-8-21-7-9(11)14(19)20)10-6-12(17)15(4-2)13(10)18/h9-11H,3-8H2,1-2H3,(H,19,20). The van der Waals surface area contributed by atoms with Crippen molar-refractivity contribution < 1.29 is 24.2 Å². The Morgan fingerprint density at radius 3 is 2.62 bits per heavy atom. The van der Waals surface area contributed by atoms with Gasteiger partial charge in [0, 0.05) is 12.6 Å². The molecule has 0 aliphatic carbocycles. The molecule has 118 valence electrons. The fraction of sp³-hybridized carbons (Fsp3) is 0.786. The quantitative estimate of drug-likeness (QED) is 0.692. The van der Waals surface area contributed by atoms with E-state index in [1.807, 2.05) is 11.8 Å². The third kappa shape index (κ3) is 2.94. The summed E-state index contributed by atoms with van der Waals surface area (Å²) in [6, 6.07) is -0.896. The molecular formula is C14H22N2O5. The highest BCUT2D eigenvalue weighted by atomic mass is 16.5. The fourth-order valence-corrected chi connectivity index (χ4v) is 3.17. The van der Waals surface area contributed by atoms with Crippen LogP contribution in [0.15, 0.2) is 0 Å². The number of amides is 2. The second-order valence-corrected chi connectivity index (χ2v) is 5.48. The molecule has 2 rings (SSSR count). The molecule has 3 unspecified atom stereocenters. The monoisotopic (exact) mass is 298 g/mol. The van der Waals surface area contributed by atoms with E-state index in [4.69, 9.17) is 4.74 Å². The summed E-state index contributed by atoms with van der Waals surface area (Å²) in [5, 5.41) is 9.29. The molecule has 2 heterocycles. The van der Waals surface area contributed by atoms with Crippen LogP contribution in [0, 0.1) is 5.92 Å². The number of hydrogen-bond acceptors (Lipinski definition) is 5. The van der Waals surface area contributed by atoms with Crippen LogP contribution in [-0.4, -0.2) is 71.1 Å². The fourth-order valence-electron chi connectivity index (χ4n) is 3.17. The third-order valence-corrected chi connectivity index (χ3v) is 4.21. The Kier molecular flexibility index (Phi) is 4.95. The Morgan fingerprint density at radius 2 is 2.10 bits per heavy atom. The molecule has 7 nitrogen and oxygen atoms in total. The van der Waals surface area contributed by atoms with Crippen molar-refractivity contribution in [2.24, 2.45) is 5.92 Å². The molecule has 2 aliphatic rings. The van der Waals surface area contributed by atoms with E-state index in [9.17, 15) is 19.5 Å². The van der Waals surface area contributed by atoms with Crippen molar-refractivity contribution in [3.63, 3.8) is 0 Å². The number of carboxylic acids is 1. The first-order chi connectivity index (χ1) is 10.0. The molecule has 0 aromatic carbocycles. The van der Waals surface area contributed by atoms with Crippen LogP contribution in [0.25, 0.3) is 0 Å². The minimum absolute atomic E-state index is 0.134. The lowest BCUT2D eigenvalue weighted by molar-refractivity contribution is -0.145. The normalized spacial score (nSPS) is 29.7. The van der Waals surface area contributed by atoms with Gasteiger partial charge < -0.3 is 9.84 Å². The van der Waals surface area contributed by atoms with Crippen LogP contribution in [0.3, 0.4) is 0 Å². The van der Waals surface area contributed by atoms with Crippen molar-refractivity contribution in [1.29, 1.82) is 0 Å². The molecule has 0 bridgehead atoms. The first-order valence-electron chi connectivity index (χ1n) is 7.41. The minimum Gasteiger partial charge on any atom is -0.481 e. The Hall–Kier alpha value is -1.47. The van der Waals surface area contributed by atoms with Gasteiger partial charge in [-0.05, 0) is 19.9 Å². The largest absolute Gasteiger partial charge is 0.481 e. The van der Waals surface area contributed by atoms with Crippen molar-refractivity contribution in [2.75, 3.05) is 26.3 Å². The van der Waals surface area contributed by atoms with Gasteiger partial charge in [0.2, 0.25) is 11.8 Å². The van der Waals surface area contributed by atoms with Gasteiger partial charge in [-0.3, -0.25) is 24.2 Å². The zero-order valence-electron chi connectivity index (χ0n) is 12.4. The number of likely N-dealkylation sites (N-methyl/N-ethyl adjacent to an activating group) is 1. The van der Waals surface area contributed by atoms with E-state index in [1.165, 1.54) is 4.90 Å². The lowest BCUT2D eigenvalue weighted by atomic mass is 9.99. The molecule has 0 aromatic rings. The predicted molar refractivity (Wildman–Crippen MR) is 73.5 cm³/mol. The van der Waals surface area contributed by atoms with Crippen molar-refractivity contribution in [2.45, 2.75) is 38.8 Å². The highest BCUT2D eigenvalue weighted by Crippen LogP contribution is 2.27. The van der Waals surface area contributed by atoms with Crippen molar-refractivity contribution in [1.82, 2.24) is 9.80 Å². The maximum atomic E-state index is 12.4. The van der Waals surface area contributed by atoms with Gasteiger partial charge in [0.25, 0.3) is 0 Å². The molecule has 1 N–H and O–H groups in total. The van der Waals surface area contributed by atoms with E-state index in [2.05, 4.69) is 0 Å². The van der Waals surface area contributed by atoms with Gasteiger partial charge in [-0.25, -0.2) is 0 Å². The highest BCUT2D eigenvalue weighted by Gasteiger charge is 2.47. The molecule has 0 saturated carbocycles. The Labute approximate surface area is 123 Å². The number of carbonyl (C=O) groups excluding carboxylic acids is 2. The zero-order chi connectivity index (χ0) is 15.6. The van der Waals surface area contributed by atoms with Crippen LogP contribution in [0.1, 0.15) is 26.7 Å². The van der Waals surface area contributed by atoms with Crippen molar-refractivity contribution >= 4 is 17.8 Å². The van der Waals surface area contributed by atoms with Crippen LogP contribution in [0.2, 0.25) is 0 Å². The summed E-state index contributed by atoms with van der Waals surface area (Å²) >= 11 is 0. The Bertz CT molecular complexity index is 439. The van der Waals surface area contributed by atoms with Crippen LogP contribution < -0.4 is 0 Å². The molecule has 7 heteroatoms. The SMILES string of the molecule is CCCN(C1CC(=O)N(CC)C1=O)C1COCC1C(=O)O. The van der Waals surface area contributed by atoms with E-state index >= 15 is 0 Å². The van der Waals surface area contributed by atoms with E-state index < -0.39 is 17.9 Å². The minimum atomic E-state index is -0.914. The topological polar surface area (TPSA) is 87.2 Å². The number of imide groups is 1. The van der Waals surface area contributed by atoms with E-state index in [-0.39, 0.29) is 30.9 Å². The van der Waals surface area contributed by atoms with Crippen LogP contribution in [0.5, 0.6) is 0 Å². The number of carbonyl (C=O) groups is 3. The molecule has 2 fully saturated rings. The molecule has 0 spiro atoms. The number of likely N-dealkylation sites (tertiary alicyclic amines) is 1. The van der Waals surface area contributed by atoms with Crippen LogP contribution in [0.4, 0.5) is 0 Å². The average molecular weight is 298 g/mol. The number of carboxylic acid groups (broad SMARTS) is 1. The van der Waals surface area contributed by atoms with Gasteiger partial charge >= 0.3 is 5.97 Å². The Balaban J connectivity index is 2.21. The average Bonchev–Trinajstić information content (AvgIpc) is 3.01. The van der Waals surface area contributed by atoms with Gasteiger partial charge in [-0.15, -0.1) is 0 Å². The molecule has 2 aliphatic heterocycles. The number of hydrogen-bond donors (Lipinski definition) is 1. The number of aliphatic carboxylic acids is 1. The highest BCUT2D eigenvalue weighted by molar-refractivity contribution is 6.05. The van der Waals surface area contributed by atoms with Gasteiger partial charge in [0.05, 0.1) is 31.6 Å². The molecule has 0 radical (unpaired) electrons. The summed E-state index contributed by atoms with van der Waals surface area (Å²) in [5.74, 6) is -1.95. The molecule has 21 heavy (non-hydrogen) atoms. The lowest BCUT2D eigenvalue weighted by Gasteiger charge is -2.33. The number of nitrogens with zero attached hydrogens (tertiary/aromatic N) is 2. The van der Waals surface area contributed by atoms with E-state index in [1.54, 1.807) is 6.92 Å². The van der Waals surface area contributed by atoms with Gasteiger partial charge in [0.15, 0.2) is 0 Å². The summed E-state index contributed by atoms with van der Waals surface area (Å²) in [7, 11) is 0. The molecule has 2 amide bonds. The maximum Gasteiger partial charge on any atom is 0.310 e. The third-order valence-electron chi connectivity index (χ3n) is 4.21. The molecular weight excluding hydrogens is 276 g/mol. The zero-order valence-corrected chi connectivity index (χ0v) is 12.4. The lowest BCUT2D eigenvalue weighted by Crippen LogP contribution is -2.51. The van der Waals surface area contributed by atoms with Gasteiger partial charge in [-0.2, -0.15) is 0 Å². The van der Waals surface area contributed by atoms with Gasteiger partial charge in [0.1, 0.15) is 0 Å². The molecule has 3 atom stereocenters. The first-order valence-corrected chi connectivity index (χ1v) is 7.41. The van der Waals surface area contributed by atoms with Gasteiger partial charge in [-0.1, -0.05) is 6.92 Å². The first kappa shape index (κ1) is 15.9. The van der Waals surface area contributed by atoms with Crippen LogP contribution in [-0.2, 0) is 19.1 Å². The molecule has 0 aromatic heterocycles. The summed E-state index contributed by atoms with van der Waals surface area (Å²) in [5.41, 5.74) is 0. The van der Waals surface area contributed by atoms with Crippen LogP contribution >= 0.6 is 0 Å². The maximum absolute atomic E-state index is 12.4. The van der Waals surface area contributed by atoms with E-state index in [0.29, 0.717) is 19.7 Å². The molecule has 2 saturated heterocycles. The predicted octanol–water partition coefficient (Wildman–Crippen LogP) is -0.0546. The summed E-state index contributed by atoms with van der Waals surface area (Å²) < 4.78 is 5.30.